The molecule has 0 radical (unpaired) electrons. The molecule has 2 aromatic rings. The maximum Gasteiger partial charge on any atom is 0.172 e. The van der Waals surface area contributed by atoms with Crippen LogP contribution in [0.5, 0.6) is 0 Å². The van der Waals surface area contributed by atoms with Crippen LogP contribution in [0.15, 0.2) is 16.7 Å². The van der Waals surface area contributed by atoms with Gasteiger partial charge in [0.25, 0.3) is 0 Å². The van der Waals surface area contributed by atoms with Crippen LogP contribution in [-0.4, -0.2) is 5.16 Å². The molecule has 0 aliphatic heterocycles. The van der Waals surface area contributed by atoms with Crippen LogP contribution in [-0.2, 0) is 0 Å². The number of rotatable bonds is 1. The average molecular weight is 224 g/mol. The van der Waals surface area contributed by atoms with E-state index in [1.807, 2.05) is 0 Å². The zero-order valence-electron chi connectivity index (χ0n) is 8.84. The Morgan fingerprint density at radius 3 is 2.50 bits per heavy atom. The number of benzene rings is 1. The van der Waals surface area contributed by atoms with E-state index in [1.54, 1.807) is 0 Å². The second-order valence-corrected chi connectivity index (χ2v) is 3.61. The number of aromatic nitrogens is 1. The molecule has 2 rings (SSSR count). The fraction of sp³-hybridized carbons (Fsp3) is 0.182. The lowest BCUT2D eigenvalue weighted by Gasteiger charge is -2.07. The quantitative estimate of drug-likeness (QED) is 0.810. The molecule has 1 aromatic heterocycles. The Morgan fingerprint density at radius 2 is 1.94 bits per heavy atom. The molecule has 5 heteroatoms. The van der Waals surface area contributed by atoms with E-state index in [2.05, 4.69) is 5.16 Å². The highest BCUT2D eigenvalue weighted by atomic mass is 19.1. The summed E-state index contributed by atoms with van der Waals surface area (Å²) >= 11 is 0. The van der Waals surface area contributed by atoms with Crippen LogP contribution in [0.3, 0.4) is 0 Å². The van der Waals surface area contributed by atoms with Gasteiger partial charge in [0.1, 0.15) is 11.6 Å². The zero-order valence-corrected chi connectivity index (χ0v) is 8.84. The number of hydrogen-bond donors (Lipinski definition) is 1. The first kappa shape index (κ1) is 10.6. The van der Waals surface area contributed by atoms with E-state index < -0.39 is 11.6 Å². The molecular formula is C11H10F2N2O. The lowest BCUT2D eigenvalue weighted by molar-refractivity contribution is 0.432. The predicted molar refractivity (Wildman–Crippen MR) is 55.7 cm³/mol. The van der Waals surface area contributed by atoms with Gasteiger partial charge < -0.3 is 10.3 Å². The van der Waals surface area contributed by atoms with Gasteiger partial charge in [-0.05, 0) is 31.0 Å². The molecule has 16 heavy (non-hydrogen) atoms. The average Bonchev–Trinajstić information content (AvgIpc) is 2.62. The smallest absolute Gasteiger partial charge is 0.172 e. The zero-order chi connectivity index (χ0) is 11.9. The Balaban J connectivity index is 2.73. The Labute approximate surface area is 90.9 Å². The molecule has 0 aliphatic rings. The first-order valence-electron chi connectivity index (χ1n) is 4.68. The Kier molecular flexibility index (Phi) is 2.38. The van der Waals surface area contributed by atoms with E-state index in [9.17, 15) is 8.78 Å². The second-order valence-electron chi connectivity index (χ2n) is 3.61. The standard InChI is InChI=1S/C11H10F2N2O/c1-5-3-7(12)6(2)10(11(5)13)8-4-9(14)15-16-8/h3-4H,1-2H3,(H2,14,15). The maximum absolute atomic E-state index is 13.8. The van der Waals surface area contributed by atoms with Crippen molar-refractivity contribution in [1.82, 2.24) is 5.16 Å². The van der Waals surface area contributed by atoms with Gasteiger partial charge in [-0.15, -0.1) is 0 Å². The number of nitrogens with zero attached hydrogens (tertiary/aromatic N) is 1. The Hall–Kier alpha value is -1.91. The number of aryl methyl sites for hydroxylation is 1. The summed E-state index contributed by atoms with van der Waals surface area (Å²) in [4.78, 5) is 0. The van der Waals surface area contributed by atoms with Gasteiger partial charge in [-0.1, -0.05) is 5.16 Å². The van der Waals surface area contributed by atoms with Gasteiger partial charge in [0.2, 0.25) is 0 Å². The van der Waals surface area contributed by atoms with Crippen molar-refractivity contribution in [2.45, 2.75) is 13.8 Å². The second kappa shape index (κ2) is 3.59. The number of hydrogen-bond acceptors (Lipinski definition) is 3. The fourth-order valence-electron chi connectivity index (χ4n) is 1.54. The van der Waals surface area contributed by atoms with Gasteiger partial charge >= 0.3 is 0 Å². The van der Waals surface area contributed by atoms with Crippen molar-refractivity contribution in [3.63, 3.8) is 0 Å². The first-order valence-corrected chi connectivity index (χ1v) is 4.68. The molecule has 1 heterocycles. The van der Waals surface area contributed by atoms with E-state index >= 15 is 0 Å². The van der Waals surface area contributed by atoms with Crippen molar-refractivity contribution in [2.24, 2.45) is 0 Å². The summed E-state index contributed by atoms with van der Waals surface area (Å²) in [5, 5.41) is 3.45. The Bertz CT molecular complexity index is 523. The van der Waals surface area contributed by atoms with Crippen molar-refractivity contribution in [3.05, 3.63) is 34.9 Å². The van der Waals surface area contributed by atoms with E-state index in [-0.39, 0.29) is 28.3 Å². The molecule has 0 spiro atoms. The molecule has 0 unspecified atom stereocenters. The maximum atomic E-state index is 13.8. The van der Waals surface area contributed by atoms with Crippen molar-refractivity contribution in [2.75, 3.05) is 5.73 Å². The molecule has 0 fully saturated rings. The third kappa shape index (κ3) is 1.54. The summed E-state index contributed by atoms with van der Waals surface area (Å²) in [6.45, 7) is 2.97. The van der Waals surface area contributed by atoms with Crippen LogP contribution < -0.4 is 5.73 Å². The molecule has 1 aromatic carbocycles. The van der Waals surface area contributed by atoms with Crippen molar-refractivity contribution < 1.29 is 13.3 Å². The molecule has 0 amide bonds. The van der Waals surface area contributed by atoms with Gasteiger partial charge in [0.05, 0.1) is 5.56 Å². The van der Waals surface area contributed by atoms with E-state index in [0.29, 0.717) is 0 Å². The summed E-state index contributed by atoms with van der Waals surface area (Å²) in [5.41, 5.74) is 5.84. The highest BCUT2D eigenvalue weighted by Crippen LogP contribution is 2.31. The van der Waals surface area contributed by atoms with Gasteiger partial charge in [-0.2, -0.15) is 0 Å². The minimum absolute atomic E-state index is 0.0710. The number of anilines is 1. The van der Waals surface area contributed by atoms with Gasteiger partial charge in [0, 0.05) is 6.07 Å². The molecule has 0 aliphatic carbocycles. The molecule has 2 N–H and O–H groups in total. The van der Waals surface area contributed by atoms with Crippen LogP contribution in [0.2, 0.25) is 0 Å². The normalized spacial score (nSPS) is 10.8. The van der Waals surface area contributed by atoms with Gasteiger partial charge in [0.15, 0.2) is 11.6 Å². The number of halogens is 2. The number of nitrogen functional groups attached to an aromatic ring is 1. The summed E-state index contributed by atoms with van der Waals surface area (Å²) < 4.78 is 32.1. The van der Waals surface area contributed by atoms with Crippen molar-refractivity contribution >= 4 is 5.82 Å². The van der Waals surface area contributed by atoms with Crippen LogP contribution in [0.1, 0.15) is 11.1 Å². The van der Waals surface area contributed by atoms with Crippen LogP contribution >= 0.6 is 0 Å². The topological polar surface area (TPSA) is 52.0 Å². The lowest BCUT2D eigenvalue weighted by Crippen LogP contribution is -1.95. The number of nitrogens with two attached hydrogens (primary N) is 1. The van der Waals surface area contributed by atoms with Crippen LogP contribution in [0.25, 0.3) is 11.3 Å². The largest absolute Gasteiger partial charge is 0.381 e. The molecular weight excluding hydrogens is 214 g/mol. The third-order valence-corrected chi connectivity index (χ3v) is 2.42. The molecule has 84 valence electrons. The highest BCUT2D eigenvalue weighted by molar-refractivity contribution is 5.66. The van der Waals surface area contributed by atoms with Crippen molar-refractivity contribution in [3.8, 4) is 11.3 Å². The first-order chi connectivity index (χ1) is 7.50. The molecule has 0 saturated heterocycles. The summed E-state index contributed by atoms with van der Waals surface area (Å²) in [7, 11) is 0. The van der Waals surface area contributed by atoms with E-state index in [0.717, 1.165) is 6.07 Å². The van der Waals surface area contributed by atoms with Gasteiger partial charge in [-0.3, -0.25) is 0 Å². The van der Waals surface area contributed by atoms with Crippen LogP contribution in [0.4, 0.5) is 14.6 Å². The molecule has 0 bridgehead atoms. The fourth-order valence-corrected chi connectivity index (χ4v) is 1.54. The highest BCUT2D eigenvalue weighted by Gasteiger charge is 2.18. The molecule has 0 saturated carbocycles. The van der Waals surface area contributed by atoms with Crippen LogP contribution in [0, 0.1) is 25.5 Å². The summed E-state index contributed by atoms with van der Waals surface area (Å²) in [5.74, 6) is -0.732. The Morgan fingerprint density at radius 1 is 1.25 bits per heavy atom. The van der Waals surface area contributed by atoms with Gasteiger partial charge in [-0.25, -0.2) is 8.78 Å². The van der Waals surface area contributed by atoms with Crippen molar-refractivity contribution in [1.29, 1.82) is 0 Å². The minimum Gasteiger partial charge on any atom is -0.381 e. The lowest BCUT2D eigenvalue weighted by atomic mass is 10.0. The SMILES string of the molecule is Cc1cc(F)c(C)c(-c2cc(N)no2)c1F. The summed E-state index contributed by atoms with van der Waals surface area (Å²) in [6, 6.07) is 2.51. The minimum atomic E-state index is -0.518. The monoisotopic (exact) mass is 224 g/mol. The summed E-state index contributed by atoms with van der Waals surface area (Å²) in [6.07, 6.45) is 0. The third-order valence-electron chi connectivity index (χ3n) is 2.42. The molecule has 0 atom stereocenters. The van der Waals surface area contributed by atoms with E-state index in [1.165, 1.54) is 19.9 Å². The van der Waals surface area contributed by atoms with E-state index in [4.69, 9.17) is 10.3 Å². The molecule has 3 nitrogen and oxygen atoms in total. The predicted octanol–water partition coefficient (Wildman–Crippen LogP) is 2.82.